The maximum atomic E-state index is 9.64. The lowest BCUT2D eigenvalue weighted by molar-refractivity contribution is 0.459. The molecule has 0 atom stereocenters. The smallest absolute Gasteiger partial charge is 0.138 e. The third-order valence-corrected chi connectivity index (χ3v) is 3.48. The zero-order valence-corrected chi connectivity index (χ0v) is 10.8. The van der Waals surface area contributed by atoms with E-state index >= 15 is 0 Å². The molecule has 3 nitrogen and oxygen atoms in total. The van der Waals surface area contributed by atoms with Crippen LogP contribution in [0.1, 0.15) is 21.1 Å². The second-order valence-corrected chi connectivity index (χ2v) is 5.41. The standard InChI is InChI=1S/C13H16N2OS/c1-9-3-6-13(16)12(15-9)8-14-7-11-5-4-10(2)17-11/h3-6,14,16H,7-8H2,1-2H3. The van der Waals surface area contributed by atoms with E-state index in [0.717, 1.165) is 12.2 Å². The van der Waals surface area contributed by atoms with Gasteiger partial charge in [-0.3, -0.25) is 4.98 Å². The van der Waals surface area contributed by atoms with Gasteiger partial charge >= 0.3 is 0 Å². The molecule has 0 fully saturated rings. The van der Waals surface area contributed by atoms with Crippen LogP contribution < -0.4 is 5.32 Å². The van der Waals surface area contributed by atoms with Gasteiger partial charge in [-0.1, -0.05) is 0 Å². The summed E-state index contributed by atoms with van der Waals surface area (Å²) in [4.78, 5) is 6.92. The number of pyridine rings is 1. The number of nitrogens with one attached hydrogen (secondary N) is 1. The van der Waals surface area contributed by atoms with Crippen LogP contribution in [0.25, 0.3) is 0 Å². The first-order valence-corrected chi connectivity index (χ1v) is 6.38. The lowest BCUT2D eigenvalue weighted by Gasteiger charge is -2.05. The summed E-state index contributed by atoms with van der Waals surface area (Å²) in [6, 6.07) is 7.73. The monoisotopic (exact) mass is 248 g/mol. The first-order valence-electron chi connectivity index (χ1n) is 5.56. The summed E-state index contributed by atoms with van der Waals surface area (Å²) in [5.74, 6) is 0.255. The van der Waals surface area contributed by atoms with Crippen molar-refractivity contribution in [2.45, 2.75) is 26.9 Å². The van der Waals surface area contributed by atoms with Crippen molar-refractivity contribution < 1.29 is 5.11 Å². The summed E-state index contributed by atoms with van der Waals surface area (Å²) in [5.41, 5.74) is 1.63. The van der Waals surface area contributed by atoms with E-state index in [1.807, 2.05) is 13.0 Å². The van der Waals surface area contributed by atoms with Crippen LogP contribution in [0.5, 0.6) is 5.75 Å². The summed E-state index contributed by atoms with van der Waals surface area (Å²) in [5, 5.41) is 12.9. The zero-order valence-electron chi connectivity index (χ0n) is 10.0. The van der Waals surface area contributed by atoms with Crippen molar-refractivity contribution in [2.24, 2.45) is 0 Å². The molecule has 2 aromatic rings. The Labute approximate surface area is 105 Å². The third kappa shape index (κ3) is 3.28. The second kappa shape index (κ2) is 5.29. The zero-order chi connectivity index (χ0) is 12.3. The molecular formula is C13H16N2OS. The van der Waals surface area contributed by atoms with E-state index in [4.69, 9.17) is 0 Å². The van der Waals surface area contributed by atoms with Crippen LogP contribution in [0.4, 0.5) is 0 Å². The van der Waals surface area contributed by atoms with Crippen molar-refractivity contribution >= 4 is 11.3 Å². The van der Waals surface area contributed by atoms with Gasteiger partial charge < -0.3 is 10.4 Å². The average molecular weight is 248 g/mol. The molecule has 2 heterocycles. The topological polar surface area (TPSA) is 45.1 Å². The third-order valence-electron chi connectivity index (χ3n) is 2.48. The first kappa shape index (κ1) is 12.1. The number of rotatable bonds is 4. The highest BCUT2D eigenvalue weighted by molar-refractivity contribution is 7.11. The minimum Gasteiger partial charge on any atom is -0.506 e. The maximum Gasteiger partial charge on any atom is 0.138 e. The number of aryl methyl sites for hydroxylation is 2. The van der Waals surface area contributed by atoms with Crippen LogP contribution in [0.15, 0.2) is 24.3 Å². The van der Waals surface area contributed by atoms with Crippen LogP contribution in [0.3, 0.4) is 0 Å². The molecule has 0 saturated carbocycles. The molecule has 0 amide bonds. The quantitative estimate of drug-likeness (QED) is 0.874. The molecule has 0 bridgehead atoms. The highest BCUT2D eigenvalue weighted by Gasteiger charge is 2.03. The molecule has 2 N–H and O–H groups in total. The SMILES string of the molecule is Cc1ccc(O)c(CNCc2ccc(C)s2)n1. The highest BCUT2D eigenvalue weighted by Crippen LogP contribution is 2.16. The molecule has 90 valence electrons. The molecule has 2 aromatic heterocycles. The van der Waals surface area contributed by atoms with Gasteiger partial charge in [0.25, 0.3) is 0 Å². The molecular weight excluding hydrogens is 232 g/mol. The number of aromatic nitrogens is 1. The molecule has 0 saturated heterocycles. The van der Waals surface area contributed by atoms with Crippen molar-refractivity contribution in [3.05, 3.63) is 45.4 Å². The van der Waals surface area contributed by atoms with Crippen molar-refractivity contribution in [1.82, 2.24) is 10.3 Å². The minimum absolute atomic E-state index is 0.255. The van der Waals surface area contributed by atoms with Gasteiger partial charge in [-0.15, -0.1) is 11.3 Å². The molecule has 17 heavy (non-hydrogen) atoms. The van der Waals surface area contributed by atoms with E-state index in [9.17, 15) is 5.11 Å². The van der Waals surface area contributed by atoms with E-state index in [0.29, 0.717) is 12.2 Å². The number of nitrogens with zero attached hydrogens (tertiary/aromatic N) is 1. The van der Waals surface area contributed by atoms with Crippen molar-refractivity contribution in [3.8, 4) is 5.75 Å². The van der Waals surface area contributed by atoms with Crippen molar-refractivity contribution in [3.63, 3.8) is 0 Å². The Kier molecular flexibility index (Phi) is 3.76. The Morgan fingerprint density at radius 2 is 2.00 bits per heavy atom. The van der Waals surface area contributed by atoms with Crippen LogP contribution in [-0.2, 0) is 13.1 Å². The van der Waals surface area contributed by atoms with Crippen LogP contribution in [-0.4, -0.2) is 10.1 Å². The largest absolute Gasteiger partial charge is 0.506 e. The molecule has 0 aliphatic rings. The predicted molar refractivity (Wildman–Crippen MR) is 70.2 cm³/mol. The van der Waals surface area contributed by atoms with Crippen molar-refractivity contribution in [1.29, 1.82) is 0 Å². The summed E-state index contributed by atoms with van der Waals surface area (Å²) in [6.45, 7) is 5.42. The Morgan fingerprint density at radius 1 is 1.18 bits per heavy atom. The fraction of sp³-hybridized carbons (Fsp3) is 0.308. The first-order chi connectivity index (χ1) is 8.15. The van der Waals surface area contributed by atoms with Gasteiger partial charge in [0.15, 0.2) is 0 Å². The number of hydrogen-bond donors (Lipinski definition) is 2. The molecule has 2 rings (SSSR count). The molecule has 4 heteroatoms. The second-order valence-electron chi connectivity index (χ2n) is 4.03. The van der Waals surface area contributed by atoms with Gasteiger partial charge in [0.05, 0.1) is 5.69 Å². The normalized spacial score (nSPS) is 10.7. The average Bonchev–Trinajstić information content (AvgIpc) is 2.69. The Bertz CT molecular complexity index is 508. The fourth-order valence-corrected chi connectivity index (χ4v) is 2.48. The molecule has 0 aromatic carbocycles. The van der Waals surface area contributed by atoms with E-state index in [1.54, 1.807) is 17.4 Å². The van der Waals surface area contributed by atoms with E-state index in [1.165, 1.54) is 9.75 Å². The fourth-order valence-electron chi connectivity index (χ4n) is 1.62. The van der Waals surface area contributed by atoms with E-state index in [-0.39, 0.29) is 5.75 Å². The lowest BCUT2D eigenvalue weighted by atomic mass is 10.3. The summed E-state index contributed by atoms with van der Waals surface area (Å²) < 4.78 is 0. The summed E-state index contributed by atoms with van der Waals surface area (Å²) in [6.07, 6.45) is 0. The van der Waals surface area contributed by atoms with E-state index in [2.05, 4.69) is 29.4 Å². The molecule has 0 unspecified atom stereocenters. The highest BCUT2D eigenvalue weighted by atomic mass is 32.1. The van der Waals surface area contributed by atoms with Gasteiger partial charge in [-0.2, -0.15) is 0 Å². The van der Waals surface area contributed by atoms with Gasteiger partial charge in [0.2, 0.25) is 0 Å². The van der Waals surface area contributed by atoms with E-state index < -0.39 is 0 Å². The van der Waals surface area contributed by atoms with Gasteiger partial charge in [-0.25, -0.2) is 0 Å². The Hall–Kier alpha value is -1.39. The molecule has 0 aliphatic heterocycles. The van der Waals surface area contributed by atoms with Crippen LogP contribution in [0, 0.1) is 13.8 Å². The Morgan fingerprint density at radius 3 is 2.71 bits per heavy atom. The number of thiophene rings is 1. The molecule has 0 radical (unpaired) electrons. The Balaban J connectivity index is 1.91. The predicted octanol–water partition coefficient (Wildman–Crippen LogP) is 2.76. The number of aromatic hydroxyl groups is 1. The lowest BCUT2D eigenvalue weighted by Crippen LogP contribution is -2.13. The molecule has 0 aliphatic carbocycles. The van der Waals surface area contributed by atoms with Crippen LogP contribution >= 0.6 is 11.3 Å². The minimum atomic E-state index is 0.255. The van der Waals surface area contributed by atoms with Gasteiger partial charge in [-0.05, 0) is 38.1 Å². The van der Waals surface area contributed by atoms with Crippen LogP contribution in [0.2, 0.25) is 0 Å². The summed E-state index contributed by atoms with van der Waals surface area (Å²) in [7, 11) is 0. The summed E-state index contributed by atoms with van der Waals surface area (Å²) >= 11 is 1.78. The molecule has 0 spiro atoms. The van der Waals surface area contributed by atoms with Gasteiger partial charge in [0.1, 0.15) is 5.75 Å². The maximum absolute atomic E-state index is 9.64. The number of hydrogen-bond acceptors (Lipinski definition) is 4. The van der Waals surface area contributed by atoms with Crippen molar-refractivity contribution in [2.75, 3.05) is 0 Å². The van der Waals surface area contributed by atoms with Gasteiger partial charge in [0, 0.05) is 28.5 Å².